The van der Waals surface area contributed by atoms with Crippen LogP contribution in [0.4, 0.5) is 17.2 Å². The van der Waals surface area contributed by atoms with Gasteiger partial charge in [0.1, 0.15) is 0 Å². The van der Waals surface area contributed by atoms with Gasteiger partial charge in [0.15, 0.2) is 0 Å². The maximum absolute atomic E-state index is 6.05. The van der Waals surface area contributed by atoms with Gasteiger partial charge in [0.25, 0.3) is 12.1 Å². The molecule has 0 aliphatic rings. The summed E-state index contributed by atoms with van der Waals surface area (Å²) in [4.78, 5) is 4.42. The molecule has 0 fully saturated rings. The molecule has 2 N–H and O–H groups in total. The molecule has 158 valence electrons. The summed E-state index contributed by atoms with van der Waals surface area (Å²) in [5.74, 6) is 0.607. The molecule has 5 nitrogen and oxygen atoms in total. The summed E-state index contributed by atoms with van der Waals surface area (Å²) in [7, 11) is 0. The number of aryl methyl sites for hydroxylation is 1. The van der Waals surface area contributed by atoms with Crippen molar-refractivity contribution in [2.45, 2.75) is 57.9 Å². The lowest BCUT2D eigenvalue weighted by molar-refractivity contribution is -0.700. The second-order valence-corrected chi connectivity index (χ2v) is 8.39. The monoisotopic (exact) mass is 468 g/mol. The number of alkyl halides is 1. The lowest BCUT2D eigenvalue weighted by atomic mass is 10.1. The van der Waals surface area contributed by atoms with Gasteiger partial charge in [0.05, 0.1) is 24.5 Å². The Hall–Kier alpha value is -2.34. The van der Waals surface area contributed by atoms with Crippen molar-refractivity contribution in [3.05, 3.63) is 55.0 Å². The van der Waals surface area contributed by atoms with Crippen molar-refractivity contribution in [3.8, 4) is 0 Å². The number of anilines is 1. The Morgan fingerprint density at radius 2 is 1.50 bits per heavy atom. The van der Waals surface area contributed by atoms with Crippen LogP contribution in [0.2, 0.25) is 0 Å². The maximum atomic E-state index is 6.05. The minimum absolute atomic E-state index is 0.607. The molecule has 2 aromatic carbocycles. The van der Waals surface area contributed by atoms with E-state index in [1.165, 1.54) is 51.4 Å². The summed E-state index contributed by atoms with van der Waals surface area (Å²) >= 11 is 3.49. The molecule has 0 bridgehead atoms. The van der Waals surface area contributed by atoms with Crippen molar-refractivity contribution in [1.82, 2.24) is 4.98 Å². The van der Waals surface area contributed by atoms with E-state index >= 15 is 0 Å². The Morgan fingerprint density at radius 1 is 0.800 bits per heavy atom. The highest BCUT2D eigenvalue weighted by Gasteiger charge is 2.05. The minimum atomic E-state index is 0.607. The largest absolute Gasteiger partial charge is 0.398 e. The normalized spacial score (nSPS) is 11.5. The Balaban J connectivity index is 1.45. The van der Waals surface area contributed by atoms with E-state index in [9.17, 15) is 0 Å². The Bertz CT molecular complexity index is 940. The molecular formula is C24H31BrN5+. The van der Waals surface area contributed by atoms with Gasteiger partial charge in [0.2, 0.25) is 0 Å². The van der Waals surface area contributed by atoms with Gasteiger partial charge < -0.3 is 5.73 Å². The van der Waals surface area contributed by atoms with Gasteiger partial charge in [-0.05, 0) is 36.4 Å². The smallest absolute Gasteiger partial charge is 0.288 e. The summed E-state index contributed by atoms with van der Waals surface area (Å²) in [5.41, 5.74) is 7.60. The molecule has 0 saturated heterocycles. The predicted molar refractivity (Wildman–Crippen MR) is 128 cm³/mol. The van der Waals surface area contributed by atoms with E-state index < -0.39 is 0 Å². The fourth-order valence-corrected chi connectivity index (χ4v) is 3.91. The fraction of sp³-hybridized carbons (Fsp3) is 0.417. The highest BCUT2D eigenvalue weighted by Crippen LogP contribution is 2.30. The molecule has 0 unspecified atom stereocenters. The Kier molecular flexibility index (Phi) is 9.22. The molecule has 0 amide bonds. The van der Waals surface area contributed by atoms with Crippen molar-refractivity contribution in [3.63, 3.8) is 0 Å². The van der Waals surface area contributed by atoms with Crippen LogP contribution >= 0.6 is 15.9 Å². The number of nitrogens with two attached hydrogens (primary N) is 1. The van der Waals surface area contributed by atoms with Crippen molar-refractivity contribution in [2.75, 3.05) is 11.1 Å². The molecule has 0 aliphatic heterocycles. The van der Waals surface area contributed by atoms with Gasteiger partial charge in [-0.2, -0.15) is 0 Å². The van der Waals surface area contributed by atoms with Gasteiger partial charge in [-0.15, -0.1) is 10.2 Å². The molecule has 0 radical (unpaired) electrons. The third kappa shape index (κ3) is 6.87. The highest BCUT2D eigenvalue weighted by atomic mass is 79.9. The molecule has 0 aliphatic carbocycles. The first-order chi connectivity index (χ1) is 14.8. The highest BCUT2D eigenvalue weighted by molar-refractivity contribution is 9.09. The lowest BCUT2D eigenvalue weighted by Gasteiger charge is -2.03. The molecule has 1 heterocycles. The van der Waals surface area contributed by atoms with Crippen molar-refractivity contribution in [1.29, 1.82) is 0 Å². The van der Waals surface area contributed by atoms with Gasteiger partial charge in [-0.25, -0.2) is 4.57 Å². The van der Waals surface area contributed by atoms with E-state index in [0.717, 1.165) is 34.0 Å². The Labute approximate surface area is 187 Å². The van der Waals surface area contributed by atoms with E-state index in [2.05, 4.69) is 35.7 Å². The molecule has 3 aromatic rings. The van der Waals surface area contributed by atoms with E-state index in [1.54, 1.807) is 0 Å². The second kappa shape index (κ2) is 12.4. The number of rotatable bonds is 12. The topological polar surface area (TPSA) is 67.5 Å². The van der Waals surface area contributed by atoms with Gasteiger partial charge in [-0.3, -0.25) is 0 Å². The number of nitrogens with zero attached hydrogens (tertiary/aromatic N) is 4. The zero-order valence-electron chi connectivity index (χ0n) is 17.5. The zero-order valence-corrected chi connectivity index (χ0v) is 19.1. The van der Waals surface area contributed by atoms with Crippen LogP contribution in [-0.2, 0) is 6.54 Å². The van der Waals surface area contributed by atoms with Crippen LogP contribution in [0.1, 0.15) is 51.4 Å². The first-order valence-electron chi connectivity index (χ1n) is 10.9. The van der Waals surface area contributed by atoms with E-state index in [-0.39, 0.29) is 0 Å². The number of fused-ring (bicyclic) bond motifs is 1. The lowest BCUT2D eigenvalue weighted by Crippen LogP contribution is -2.33. The molecule has 0 saturated carbocycles. The number of hydrogen-bond donors (Lipinski definition) is 1. The van der Waals surface area contributed by atoms with Gasteiger partial charge in [-0.1, -0.05) is 72.3 Å². The zero-order chi connectivity index (χ0) is 21.0. The second-order valence-electron chi connectivity index (χ2n) is 7.59. The Morgan fingerprint density at radius 3 is 2.20 bits per heavy atom. The number of benzene rings is 2. The quantitative estimate of drug-likeness (QED) is 0.102. The van der Waals surface area contributed by atoms with Crippen LogP contribution < -0.4 is 10.3 Å². The van der Waals surface area contributed by atoms with Crippen LogP contribution in [0.5, 0.6) is 0 Å². The maximum Gasteiger partial charge on any atom is 0.288 e. The molecule has 1 aromatic heterocycles. The molecule has 0 atom stereocenters. The number of nitrogen functional groups attached to an aromatic ring is 1. The van der Waals surface area contributed by atoms with Crippen LogP contribution in [0.3, 0.4) is 0 Å². The predicted octanol–water partition coefficient (Wildman–Crippen LogP) is 7.04. The van der Waals surface area contributed by atoms with E-state index in [4.69, 9.17) is 5.73 Å². The third-order valence-corrected chi connectivity index (χ3v) is 5.81. The number of hydrogen-bond acceptors (Lipinski definition) is 4. The summed E-state index contributed by atoms with van der Waals surface area (Å²) in [6, 6.07) is 13.6. The van der Waals surface area contributed by atoms with Crippen molar-refractivity contribution < 1.29 is 4.57 Å². The van der Waals surface area contributed by atoms with E-state index in [1.807, 2.05) is 55.0 Å². The van der Waals surface area contributed by atoms with Crippen LogP contribution in [-0.4, -0.2) is 10.3 Å². The third-order valence-electron chi connectivity index (χ3n) is 5.25. The number of halogens is 1. The molecular weight excluding hydrogens is 438 g/mol. The molecule has 3 rings (SSSR count). The fourth-order valence-electron chi connectivity index (χ4n) is 3.52. The SMILES string of the molecule is Nc1ccc(N=Nc2cc[n+](CCCCCCCCCCBr)cn2)c2ccccc12. The minimum Gasteiger partial charge on any atom is -0.398 e. The number of aromatic nitrogens is 2. The first-order valence-corrected chi connectivity index (χ1v) is 12.0. The number of azo groups is 1. The summed E-state index contributed by atoms with van der Waals surface area (Å²) < 4.78 is 2.12. The van der Waals surface area contributed by atoms with Crippen LogP contribution in [0.25, 0.3) is 10.8 Å². The average Bonchev–Trinajstić information content (AvgIpc) is 2.78. The standard InChI is InChI=1S/C24H30BrN5/c25-16-9-5-3-1-2-4-6-10-17-30-18-15-24(27-19-30)29-28-23-14-13-22(26)20-11-7-8-12-21(20)23/h7-8,11-15,18-19,26H,1-6,9-10,16-17H2/p+1. The molecule has 30 heavy (non-hydrogen) atoms. The van der Waals surface area contributed by atoms with Crippen LogP contribution in [0, 0.1) is 0 Å². The van der Waals surface area contributed by atoms with Crippen LogP contribution in [0.15, 0.2) is 65.2 Å². The summed E-state index contributed by atoms with van der Waals surface area (Å²) in [6.07, 6.45) is 14.4. The van der Waals surface area contributed by atoms with E-state index in [0.29, 0.717) is 5.82 Å². The molecule has 6 heteroatoms. The van der Waals surface area contributed by atoms with Gasteiger partial charge >= 0.3 is 0 Å². The first kappa shape index (κ1) is 22.3. The summed E-state index contributed by atoms with van der Waals surface area (Å²) in [5, 5.41) is 11.8. The van der Waals surface area contributed by atoms with Crippen molar-refractivity contribution >= 4 is 43.9 Å². The summed E-state index contributed by atoms with van der Waals surface area (Å²) in [6.45, 7) is 0.997. The number of unbranched alkanes of at least 4 members (excludes halogenated alkanes) is 7. The average molecular weight is 469 g/mol. The van der Waals surface area contributed by atoms with Gasteiger partial charge in [0, 0.05) is 21.8 Å². The molecule has 0 spiro atoms. The van der Waals surface area contributed by atoms with Crippen molar-refractivity contribution in [2.24, 2.45) is 10.2 Å².